The number of benzene rings is 8. The summed E-state index contributed by atoms with van der Waals surface area (Å²) in [6.45, 7) is 3.06. The van der Waals surface area contributed by atoms with E-state index in [0.29, 0.717) is 9.40 Å². The first kappa shape index (κ1) is 44.1. The number of aryl methyl sites for hydroxylation is 2. The highest BCUT2D eigenvalue weighted by molar-refractivity contribution is 7.19. The lowest BCUT2D eigenvalue weighted by molar-refractivity contribution is -0.254. The Hall–Kier alpha value is -7.40. The zero-order valence-corrected chi connectivity index (χ0v) is 38.7. The van der Waals surface area contributed by atoms with Crippen LogP contribution in [-0.4, -0.2) is 17.8 Å². The van der Waals surface area contributed by atoms with E-state index in [1.54, 1.807) is 36.4 Å². The molecule has 0 unspecified atom stereocenters. The summed E-state index contributed by atoms with van der Waals surface area (Å²) in [6, 6.07) is 65.9. The van der Waals surface area contributed by atoms with Crippen molar-refractivity contribution in [2.45, 2.75) is 31.6 Å². The van der Waals surface area contributed by atoms with Gasteiger partial charge in [-0.3, -0.25) is 0 Å². The molecule has 69 heavy (non-hydrogen) atoms. The highest BCUT2D eigenvalue weighted by Crippen LogP contribution is 2.67. The predicted molar refractivity (Wildman–Crippen MR) is 275 cm³/mol. The Kier molecular flexibility index (Phi) is 10.9. The third-order valence-corrected chi connectivity index (χ3v) is 15.0. The molecule has 10 heteroatoms. The number of para-hydroxylation sites is 4. The van der Waals surface area contributed by atoms with Crippen molar-refractivity contribution in [3.63, 3.8) is 0 Å². The van der Waals surface area contributed by atoms with Gasteiger partial charge in [-0.25, -0.2) is 0 Å². The van der Waals surface area contributed by atoms with Gasteiger partial charge in [0.2, 0.25) is 0 Å². The standard InChI is InChI=1S/C59H40F6N2S2/c1-37-53(49-33-27-41(35-51(49)68-37)39-23-29-47(30-24-39)66(43-15-7-3-8-16-43)44-17-9-4-10-18-44)55-56(58(62,63)59(64,65)57(55,60)61)54-38(2)69-52-36-42(28-34-50(52)54)40-25-31-48(32-26-40)67(45-19-11-5-12-20-45)46-21-13-6-14-22-46/h3-36H,1-2H3. The van der Waals surface area contributed by atoms with E-state index < -0.39 is 28.9 Å². The Morgan fingerprint density at radius 3 is 0.913 bits per heavy atom. The molecule has 0 bridgehead atoms. The fraction of sp³-hybridized carbons (Fsp3) is 0.0847. The molecule has 8 aromatic carbocycles. The number of allylic oxidation sites excluding steroid dienone is 2. The summed E-state index contributed by atoms with van der Waals surface area (Å²) < 4.78 is 98.9. The molecule has 0 aliphatic heterocycles. The van der Waals surface area contributed by atoms with Crippen LogP contribution < -0.4 is 9.80 Å². The predicted octanol–water partition coefficient (Wildman–Crippen LogP) is 18.8. The van der Waals surface area contributed by atoms with Gasteiger partial charge in [0.05, 0.1) is 0 Å². The second-order valence-electron chi connectivity index (χ2n) is 17.1. The molecular weight excluding hydrogens is 915 g/mol. The van der Waals surface area contributed by atoms with Gasteiger partial charge in [0, 0.05) is 86.3 Å². The molecule has 0 N–H and O–H groups in total. The number of fused-ring (bicyclic) bond motifs is 2. The van der Waals surface area contributed by atoms with E-state index in [9.17, 15) is 0 Å². The van der Waals surface area contributed by atoms with Crippen LogP contribution in [0.2, 0.25) is 0 Å². The molecule has 0 fully saturated rings. The minimum atomic E-state index is -5.70. The van der Waals surface area contributed by atoms with Crippen molar-refractivity contribution in [3.05, 3.63) is 227 Å². The minimum Gasteiger partial charge on any atom is -0.311 e. The normalized spacial score (nSPS) is 15.0. The number of anilines is 6. The number of rotatable bonds is 10. The van der Waals surface area contributed by atoms with E-state index in [-0.39, 0.29) is 31.7 Å². The largest absolute Gasteiger partial charge is 0.380 e. The van der Waals surface area contributed by atoms with E-state index in [0.717, 1.165) is 79.1 Å². The zero-order chi connectivity index (χ0) is 47.7. The van der Waals surface area contributed by atoms with Crippen LogP contribution in [-0.2, 0) is 0 Å². The van der Waals surface area contributed by atoms with Crippen LogP contribution in [0.1, 0.15) is 20.9 Å². The zero-order valence-electron chi connectivity index (χ0n) is 37.1. The third kappa shape index (κ3) is 7.32. The van der Waals surface area contributed by atoms with Crippen molar-refractivity contribution in [1.29, 1.82) is 0 Å². The molecule has 340 valence electrons. The minimum absolute atomic E-state index is 0.207. The SMILES string of the molecule is Cc1sc2cc(-c3ccc(N(c4ccccc4)c4ccccc4)cc3)ccc2c1C1=C(c2c(C)sc3cc(-c4ccc(N(c5ccccc5)c5ccccc5)cc4)ccc23)C(F)(F)C(F)(F)C1(F)F. The summed E-state index contributed by atoms with van der Waals surface area (Å²) in [5, 5.41) is 0.415. The lowest BCUT2D eigenvalue weighted by Gasteiger charge is -2.26. The molecule has 2 nitrogen and oxygen atoms in total. The Bertz CT molecular complexity index is 3220. The van der Waals surface area contributed by atoms with Crippen molar-refractivity contribution < 1.29 is 26.3 Å². The van der Waals surface area contributed by atoms with Gasteiger partial charge in [0.15, 0.2) is 0 Å². The number of nitrogens with zero attached hydrogens (tertiary/aromatic N) is 2. The summed E-state index contributed by atoms with van der Waals surface area (Å²) in [7, 11) is 0. The van der Waals surface area contributed by atoms with Crippen LogP contribution >= 0.6 is 22.7 Å². The first-order chi connectivity index (χ1) is 33.3. The molecule has 0 radical (unpaired) electrons. The molecular formula is C59H40F6N2S2. The summed E-state index contributed by atoms with van der Waals surface area (Å²) in [5.74, 6) is -16.1. The average Bonchev–Trinajstić information content (AvgIpc) is 3.90. The van der Waals surface area contributed by atoms with E-state index in [4.69, 9.17) is 0 Å². The van der Waals surface area contributed by atoms with Crippen LogP contribution in [0.5, 0.6) is 0 Å². The third-order valence-electron chi connectivity index (χ3n) is 12.9. The molecule has 0 saturated carbocycles. The van der Waals surface area contributed by atoms with E-state index in [1.165, 1.54) is 13.8 Å². The molecule has 1 aliphatic carbocycles. The summed E-state index contributed by atoms with van der Waals surface area (Å²) in [4.78, 5) is 4.73. The van der Waals surface area contributed by atoms with Crippen molar-refractivity contribution in [1.82, 2.24) is 0 Å². The number of halogens is 6. The van der Waals surface area contributed by atoms with Gasteiger partial charge >= 0.3 is 17.8 Å². The quantitative estimate of drug-likeness (QED) is 0.126. The molecule has 1 aliphatic rings. The molecule has 11 rings (SSSR count). The van der Waals surface area contributed by atoms with Crippen molar-refractivity contribution in [2.75, 3.05) is 9.80 Å². The maximum absolute atomic E-state index is 16.5. The van der Waals surface area contributed by atoms with Gasteiger partial charge < -0.3 is 9.80 Å². The molecule has 2 aromatic heterocycles. The Labute approximate surface area is 403 Å². The molecule has 0 atom stereocenters. The Morgan fingerprint density at radius 1 is 0.333 bits per heavy atom. The monoisotopic (exact) mass is 954 g/mol. The van der Waals surface area contributed by atoms with Crippen molar-refractivity contribution in [2.24, 2.45) is 0 Å². The fourth-order valence-corrected chi connectivity index (χ4v) is 11.8. The molecule has 0 amide bonds. The second kappa shape index (κ2) is 17.0. The van der Waals surface area contributed by atoms with E-state index >= 15 is 26.3 Å². The molecule has 10 aromatic rings. The molecule has 0 saturated heterocycles. The number of hydrogen-bond donors (Lipinski definition) is 0. The summed E-state index contributed by atoms with van der Waals surface area (Å²) in [6.07, 6.45) is 0. The van der Waals surface area contributed by atoms with Crippen molar-refractivity contribution >= 4 is 88.1 Å². The van der Waals surface area contributed by atoms with Crippen LogP contribution in [0.3, 0.4) is 0 Å². The number of alkyl halides is 6. The summed E-state index contributed by atoms with van der Waals surface area (Å²) in [5.41, 5.74) is 5.65. The Balaban J connectivity index is 0.970. The van der Waals surface area contributed by atoms with E-state index in [2.05, 4.69) is 9.80 Å². The van der Waals surface area contributed by atoms with Gasteiger partial charge in [-0.1, -0.05) is 121 Å². The smallest absolute Gasteiger partial charge is 0.311 e. The van der Waals surface area contributed by atoms with Gasteiger partial charge in [-0.15, -0.1) is 22.7 Å². The lowest BCUT2D eigenvalue weighted by atomic mass is 9.91. The second-order valence-corrected chi connectivity index (χ2v) is 19.6. The van der Waals surface area contributed by atoms with Gasteiger partial charge in [-0.2, -0.15) is 26.3 Å². The molecule has 2 heterocycles. The fourth-order valence-electron chi connectivity index (χ4n) is 9.62. The van der Waals surface area contributed by atoms with Crippen LogP contribution in [0.4, 0.5) is 60.5 Å². The molecule has 0 spiro atoms. The van der Waals surface area contributed by atoms with Crippen molar-refractivity contribution in [3.8, 4) is 22.3 Å². The van der Waals surface area contributed by atoms with Crippen LogP contribution in [0, 0.1) is 13.8 Å². The van der Waals surface area contributed by atoms with Gasteiger partial charge in [0.1, 0.15) is 0 Å². The average molecular weight is 955 g/mol. The lowest BCUT2D eigenvalue weighted by Crippen LogP contribution is -2.48. The Morgan fingerprint density at radius 2 is 0.609 bits per heavy atom. The van der Waals surface area contributed by atoms with Gasteiger partial charge in [-0.05, 0) is 121 Å². The van der Waals surface area contributed by atoms with E-state index in [1.807, 2.05) is 170 Å². The topological polar surface area (TPSA) is 6.48 Å². The number of hydrogen-bond acceptors (Lipinski definition) is 4. The number of thiophene rings is 2. The first-order valence-electron chi connectivity index (χ1n) is 22.3. The highest BCUT2D eigenvalue weighted by atomic mass is 32.1. The summed E-state index contributed by atoms with van der Waals surface area (Å²) >= 11 is 2.24. The van der Waals surface area contributed by atoms with Crippen LogP contribution in [0.25, 0.3) is 53.6 Å². The van der Waals surface area contributed by atoms with Crippen LogP contribution in [0.15, 0.2) is 206 Å². The maximum Gasteiger partial charge on any atom is 0.380 e. The highest BCUT2D eigenvalue weighted by Gasteiger charge is 2.80. The first-order valence-corrected chi connectivity index (χ1v) is 23.9. The van der Waals surface area contributed by atoms with Gasteiger partial charge in [0.25, 0.3) is 0 Å². The maximum atomic E-state index is 16.5.